The lowest BCUT2D eigenvalue weighted by Crippen LogP contribution is -2.46. The molecule has 28 heavy (non-hydrogen) atoms. The van der Waals surface area contributed by atoms with Gasteiger partial charge in [-0.2, -0.15) is 0 Å². The van der Waals surface area contributed by atoms with Crippen molar-refractivity contribution in [2.24, 2.45) is 11.3 Å². The first kappa shape index (κ1) is 18.7. The Bertz CT molecular complexity index is 856. The minimum Gasteiger partial charge on any atom is -0.342 e. The summed E-state index contributed by atoms with van der Waals surface area (Å²) in [6.45, 7) is 1.40. The van der Waals surface area contributed by atoms with Crippen molar-refractivity contribution in [3.63, 3.8) is 0 Å². The zero-order valence-corrected chi connectivity index (χ0v) is 15.9. The van der Waals surface area contributed by atoms with Gasteiger partial charge in [-0.15, -0.1) is 0 Å². The number of amides is 2. The van der Waals surface area contributed by atoms with Crippen molar-refractivity contribution in [1.29, 1.82) is 0 Å². The number of piperidine rings is 1. The van der Waals surface area contributed by atoms with Crippen molar-refractivity contribution < 1.29 is 14.0 Å². The first-order chi connectivity index (χ1) is 13.6. The van der Waals surface area contributed by atoms with Crippen LogP contribution >= 0.6 is 0 Å². The van der Waals surface area contributed by atoms with Crippen molar-refractivity contribution >= 4 is 17.5 Å². The number of carbonyl (C=O) groups excluding carboxylic acids is 2. The highest BCUT2D eigenvalue weighted by Gasteiger charge is 2.58. The Hall–Kier alpha value is -2.69. The number of nitrogens with zero attached hydrogens (tertiary/aromatic N) is 1. The third-order valence-corrected chi connectivity index (χ3v) is 5.95. The van der Waals surface area contributed by atoms with Crippen LogP contribution in [0.3, 0.4) is 0 Å². The molecular weight excluding hydrogens is 355 g/mol. The molecule has 2 fully saturated rings. The van der Waals surface area contributed by atoms with Gasteiger partial charge in [-0.3, -0.25) is 9.59 Å². The van der Waals surface area contributed by atoms with E-state index in [4.69, 9.17) is 0 Å². The maximum atomic E-state index is 13.3. The highest BCUT2D eigenvalue weighted by atomic mass is 19.1. The van der Waals surface area contributed by atoms with Gasteiger partial charge in [0.2, 0.25) is 11.8 Å². The second-order valence-corrected chi connectivity index (χ2v) is 7.97. The molecule has 0 bridgehead atoms. The number of halogens is 1. The second-order valence-electron chi connectivity index (χ2n) is 7.97. The van der Waals surface area contributed by atoms with Crippen LogP contribution in [-0.4, -0.2) is 29.8 Å². The third-order valence-electron chi connectivity index (χ3n) is 5.95. The van der Waals surface area contributed by atoms with Gasteiger partial charge in [0.05, 0.1) is 0 Å². The van der Waals surface area contributed by atoms with Crippen LogP contribution in [0.2, 0.25) is 0 Å². The van der Waals surface area contributed by atoms with E-state index < -0.39 is 11.2 Å². The summed E-state index contributed by atoms with van der Waals surface area (Å²) in [6.07, 6.45) is 4.09. The Kier molecular flexibility index (Phi) is 5.16. The smallest absolute Gasteiger partial charge is 0.240 e. The van der Waals surface area contributed by atoms with Crippen LogP contribution in [0.4, 0.5) is 10.1 Å². The van der Waals surface area contributed by atoms with E-state index in [1.807, 2.05) is 11.0 Å². The third kappa shape index (κ3) is 3.93. The summed E-state index contributed by atoms with van der Waals surface area (Å²) in [6, 6.07) is 16.2. The van der Waals surface area contributed by atoms with Crippen molar-refractivity contribution in [2.45, 2.75) is 32.1 Å². The van der Waals surface area contributed by atoms with Crippen LogP contribution < -0.4 is 5.32 Å². The largest absolute Gasteiger partial charge is 0.342 e. The van der Waals surface area contributed by atoms with E-state index in [9.17, 15) is 14.0 Å². The molecule has 2 amide bonds. The van der Waals surface area contributed by atoms with Gasteiger partial charge in [-0.1, -0.05) is 36.4 Å². The van der Waals surface area contributed by atoms with Gasteiger partial charge in [-0.05, 0) is 61.8 Å². The highest BCUT2D eigenvalue weighted by Crippen LogP contribution is 2.48. The van der Waals surface area contributed by atoms with Crippen LogP contribution in [0.5, 0.6) is 0 Å². The number of likely N-dealkylation sites (tertiary alicyclic amines) is 1. The molecule has 2 aromatic rings. The van der Waals surface area contributed by atoms with Crippen molar-refractivity contribution in [1.82, 2.24) is 4.90 Å². The van der Waals surface area contributed by atoms with E-state index >= 15 is 0 Å². The standard InChI is InChI=1S/C23H25FN2O2/c24-19-7-4-8-20(16-19)25-21(27)23(11-12-23)22(28)26-13-9-18(10-14-26)15-17-5-2-1-3-6-17/h1-8,16,18H,9-15H2,(H,25,27). The fourth-order valence-corrected chi connectivity index (χ4v) is 4.07. The van der Waals surface area contributed by atoms with E-state index in [0.29, 0.717) is 37.5 Å². The molecule has 1 N–H and O–H groups in total. The van der Waals surface area contributed by atoms with E-state index in [1.165, 1.54) is 17.7 Å². The van der Waals surface area contributed by atoms with Crippen LogP contribution in [-0.2, 0) is 16.0 Å². The Morgan fingerprint density at radius 3 is 2.39 bits per heavy atom. The Balaban J connectivity index is 1.33. The molecule has 0 aromatic heterocycles. The van der Waals surface area contributed by atoms with Crippen LogP contribution in [0.1, 0.15) is 31.2 Å². The Morgan fingerprint density at radius 1 is 1.04 bits per heavy atom. The summed E-state index contributed by atoms with van der Waals surface area (Å²) in [5.41, 5.74) is 0.768. The fourth-order valence-electron chi connectivity index (χ4n) is 4.07. The van der Waals surface area contributed by atoms with Gasteiger partial charge >= 0.3 is 0 Å². The number of nitrogens with one attached hydrogen (secondary N) is 1. The Labute approximate surface area is 164 Å². The molecule has 0 unspecified atom stereocenters. The first-order valence-corrected chi connectivity index (χ1v) is 9.97. The number of anilines is 1. The molecule has 1 aliphatic heterocycles. The summed E-state index contributed by atoms with van der Waals surface area (Å²) >= 11 is 0. The number of benzene rings is 2. The summed E-state index contributed by atoms with van der Waals surface area (Å²) < 4.78 is 13.3. The summed E-state index contributed by atoms with van der Waals surface area (Å²) in [7, 11) is 0. The van der Waals surface area contributed by atoms with Gasteiger partial charge in [-0.25, -0.2) is 4.39 Å². The molecular formula is C23H25FN2O2. The molecule has 2 aliphatic rings. The maximum absolute atomic E-state index is 13.3. The number of carbonyl (C=O) groups is 2. The van der Waals surface area contributed by atoms with E-state index in [2.05, 4.69) is 29.6 Å². The van der Waals surface area contributed by atoms with Crippen LogP contribution in [0.15, 0.2) is 54.6 Å². The predicted octanol–water partition coefficient (Wildman–Crippen LogP) is 4.03. The van der Waals surface area contributed by atoms with Gasteiger partial charge < -0.3 is 10.2 Å². The van der Waals surface area contributed by atoms with Crippen molar-refractivity contribution in [3.8, 4) is 0 Å². The molecule has 146 valence electrons. The zero-order chi connectivity index (χ0) is 19.6. The Morgan fingerprint density at radius 2 is 1.75 bits per heavy atom. The molecule has 0 atom stereocenters. The highest BCUT2D eigenvalue weighted by molar-refractivity contribution is 6.13. The lowest BCUT2D eigenvalue weighted by molar-refractivity contribution is -0.143. The van der Waals surface area contributed by atoms with Gasteiger partial charge in [0.15, 0.2) is 0 Å². The van der Waals surface area contributed by atoms with Gasteiger partial charge in [0, 0.05) is 18.8 Å². The minimum absolute atomic E-state index is 0.0698. The zero-order valence-electron chi connectivity index (χ0n) is 15.9. The van der Waals surface area contributed by atoms with Crippen molar-refractivity contribution in [3.05, 3.63) is 66.0 Å². The van der Waals surface area contributed by atoms with Gasteiger partial charge in [0.25, 0.3) is 0 Å². The molecule has 1 aliphatic carbocycles. The summed E-state index contributed by atoms with van der Waals surface area (Å²) in [5, 5.41) is 2.72. The quantitative estimate of drug-likeness (QED) is 0.797. The lowest BCUT2D eigenvalue weighted by Gasteiger charge is -2.34. The topological polar surface area (TPSA) is 49.4 Å². The average Bonchev–Trinajstić information content (AvgIpc) is 3.51. The van der Waals surface area contributed by atoms with Crippen LogP contribution in [0.25, 0.3) is 0 Å². The maximum Gasteiger partial charge on any atom is 0.240 e. The van der Waals surface area contributed by atoms with E-state index in [0.717, 1.165) is 19.3 Å². The first-order valence-electron chi connectivity index (χ1n) is 9.97. The number of hydrogen-bond acceptors (Lipinski definition) is 2. The average molecular weight is 380 g/mol. The lowest BCUT2D eigenvalue weighted by atomic mass is 9.89. The number of hydrogen-bond donors (Lipinski definition) is 1. The molecule has 4 nitrogen and oxygen atoms in total. The minimum atomic E-state index is -0.960. The second kappa shape index (κ2) is 7.74. The normalized spacial score (nSPS) is 18.5. The molecule has 0 spiro atoms. The molecule has 5 heteroatoms. The molecule has 1 saturated carbocycles. The van der Waals surface area contributed by atoms with Crippen LogP contribution in [0, 0.1) is 17.2 Å². The fraction of sp³-hybridized carbons (Fsp3) is 0.391. The molecule has 1 heterocycles. The summed E-state index contributed by atoms with van der Waals surface area (Å²) in [4.78, 5) is 27.6. The molecule has 1 saturated heterocycles. The SMILES string of the molecule is O=C(Nc1cccc(F)c1)C1(C(=O)N2CCC(Cc3ccccc3)CC2)CC1. The molecule has 2 aromatic carbocycles. The van der Waals surface area contributed by atoms with E-state index in [-0.39, 0.29) is 11.8 Å². The van der Waals surface area contributed by atoms with Gasteiger partial charge in [0.1, 0.15) is 11.2 Å². The predicted molar refractivity (Wildman–Crippen MR) is 106 cm³/mol. The van der Waals surface area contributed by atoms with E-state index in [1.54, 1.807) is 12.1 Å². The molecule has 0 radical (unpaired) electrons. The number of rotatable bonds is 5. The monoisotopic (exact) mass is 380 g/mol. The summed E-state index contributed by atoms with van der Waals surface area (Å²) in [5.74, 6) is -0.216. The van der Waals surface area contributed by atoms with Crippen molar-refractivity contribution in [2.75, 3.05) is 18.4 Å². The molecule has 4 rings (SSSR count).